The second-order valence-corrected chi connectivity index (χ2v) is 8.03. The van der Waals surface area contributed by atoms with Crippen LogP contribution in [-0.2, 0) is 13.1 Å². The molecule has 0 aliphatic carbocycles. The Kier molecular flexibility index (Phi) is 5.70. The van der Waals surface area contributed by atoms with Crippen molar-refractivity contribution in [1.82, 2.24) is 9.47 Å². The molecule has 0 fully saturated rings. The molecule has 3 amide bonds. The van der Waals surface area contributed by atoms with Crippen LogP contribution in [0.2, 0.25) is 0 Å². The summed E-state index contributed by atoms with van der Waals surface area (Å²) in [5.41, 5.74) is 3.53. The van der Waals surface area contributed by atoms with Gasteiger partial charge in [0.2, 0.25) is 0 Å². The number of rotatable bonds is 5. The van der Waals surface area contributed by atoms with E-state index in [1.54, 1.807) is 54.6 Å². The van der Waals surface area contributed by atoms with Crippen molar-refractivity contribution < 1.29 is 14.4 Å². The highest BCUT2D eigenvalue weighted by Gasteiger charge is 2.34. The number of amides is 3. The number of fused-ring (bicyclic) bond motifs is 1. The highest BCUT2D eigenvalue weighted by molar-refractivity contribution is 6.21. The van der Waals surface area contributed by atoms with Crippen molar-refractivity contribution >= 4 is 17.7 Å². The van der Waals surface area contributed by atoms with Crippen molar-refractivity contribution in [3.05, 3.63) is 137 Å². The molecule has 166 valence electrons. The summed E-state index contributed by atoms with van der Waals surface area (Å²) >= 11 is 0. The van der Waals surface area contributed by atoms with Crippen LogP contribution >= 0.6 is 0 Å². The van der Waals surface area contributed by atoms with Crippen molar-refractivity contribution in [1.29, 1.82) is 0 Å². The lowest BCUT2D eigenvalue weighted by atomic mass is 10.1. The number of imide groups is 1. The summed E-state index contributed by atoms with van der Waals surface area (Å²) in [6, 6.07) is 29.2. The molecule has 3 aromatic carbocycles. The van der Waals surface area contributed by atoms with Gasteiger partial charge < -0.3 is 4.57 Å². The first-order chi connectivity index (χ1) is 16.6. The number of carbonyl (C=O) groups excluding carboxylic acids is 3. The Balaban J connectivity index is 1.39. The third-order valence-electron chi connectivity index (χ3n) is 5.72. The molecule has 1 aromatic heterocycles. The van der Waals surface area contributed by atoms with Gasteiger partial charge in [-0.2, -0.15) is 4.99 Å². The maximum absolute atomic E-state index is 13.0. The topological polar surface area (TPSA) is 71.7 Å². The number of aromatic nitrogens is 1. The second-order valence-electron chi connectivity index (χ2n) is 8.03. The molecule has 4 aromatic rings. The van der Waals surface area contributed by atoms with Crippen LogP contribution in [0.15, 0.2) is 108 Å². The van der Waals surface area contributed by atoms with Crippen LogP contribution in [-0.4, -0.2) is 27.2 Å². The van der Waals surface area contributed by atoms with Crippen LogP contribution < -0.4 is 5.49 Å². The molecule has 0 saturated heterocycles. The highest BCUT2D eigenvalue weighted by Crippen LogP contribution is 2.24. The fourth-order valence-electron chi connectivity index (χ4n) is 4.02. The molecule has 0 bridgehead atoms. The zero-order valence-corrected chi connectivity index (χ0v) is 18.3. The van der Waals surface area contributed by atoms with Crippen LogP contribution in [0.5, 0.6) is 0 Å². The molecule has 6 heteroatoms. The number of hydrogen-bond acceptors (Lipinski definition) is 3. The highest BCUT2D eigenvalue weighted by atomic mass is 16.2. The van der Waals surface area contributed by atoms with E-state index >= 15 is 0 Å². The van der Waals surface area contributed by atoms with E-state index in [-0.39, 0.29) is 18.4 Å². The number of nitrogens with zero attached hydrogens (tertiary/aromatic N) is 3. The van der Waals surface area contributed by atoms with Gasteiger partial charge in [-0.1, -0.05) is 60.7 Å². The van der Waals surface area contributed by atoms with Crippen molar-refractivity contribution in [3.63, 3.8) is 0 Å². The predicted octanol–water partition coefficient (Wildman–Crippen LogP) is 4.07. The minimum Gasteiger partial charge on any atom is -0.328 e. The van der Waals surface area contributed by atoms with Gasteiger partial charge in [0.05, 0.1) is 17.7 Å². The van der Waals surface area contributed by atoms with E-state index in [1.807, 2.05) is 53.2 Å². The van der Waals surface area contributed by atoms with E-state index in [9.17, 15) is 14.4 Å². The Labute approximate surface area is 196 Å². The Bertz CT molecular complexity index is 1440. The van der Waals surface area contributed by atoms with Gasteiger partial charge in [0.1, 0.15) is 5.49 Å². The third kappa shape index (κ3) is 4.21. The predicted molar refractivity (Wildman–Crippen MR) is 127 cm³/mol. The maximum Gasteiger partial charge on any atom is 0.278 e. The first-order valence-corrected chi connectivity index (χ1v) is 10.9. The summed E-state index contributed by atoms with van der Waals surface area (Å²) in [5.74, 6) is -1.04. The average molecular weight is 447 g/mol. The Morgan fingerprint density at radius 1 is 0.676 bits per heavy atom. The summed E-state index contributed by atoms with van der Waals surface area (Å²) in [5, 5.41) is 0. The zero-order valence-electron chi connectivity index (χ0n) is 18.3. The Morgan fingerprint density at radius 2 is 1.32 bits per heavy atom. The SMILES string of the molecule is O=C(N=c1ccccn1Cc1ccccc1)c1cccc(CN2C(=O)c3ccccc3C2=O)c1. The van der Waals surface area contributed by atoms with Gasteiger partial charge in [0, 0.05) is 18.3 Å². The van der Waals surface area contributed by atoms with Gasteiger partial charge in [0.25, 0.3) is 17.7 Å². The van der Waals surface area contributed by atoms with E-state index in [1.165, 1.54) is 4.90 Å². The molecular weight excluding hydrogens is 426 g/mol. The van der Waals surface area contributed by atoms with E-state index < -0.39 is 5.91 Å². The lowest BCUT2D eigenvalue weighted by molar-refractivity contribution is 0.0642. The number of carbonyl (C=O) groups is 3. The zero-order chi connectivity index (χ0) is 23.5. The molecule has 0 saturated carbocycles. The largest absolute Gasteiger partial charge is 0.328 e. The summed E-state index contributed by atoms with van der Waals surface area (Å²) in [7, 11) is 0. The third-order valence-corrected chi connectivity index (χ3v) is 5.72. The molecule has 1 aliphatic heterocycles. The van der Waals surface area contributed by atoms with Crippen LogP contribution in [0, 0.1) is 0 Å². The van der Waals surface area contributed by atoms with Crippen molar-refractivity contribution in [2.24, 2.45) is 4.99 Å². The molecular formula is C28H21N3O3. The first-order valence-electron chi connectivity index (χ1n) is 10.9. The Hall–Kier alpha value is -4.58. The number of pyridine rings is 1. The van der Waals surface area contributed by atoms with Crippen molar-refractivity contribution in [2.75, 3.05) is 0 Å². The van der Waals surface area contributed by atoms with Gasteiger partial charge in [-0.25, -0.2) is 0 Å². The molecule has 34 heavy (non-hydrogen) atoms. The minimum absolute atomic E-state index is 0.0901. The lowest BCUT2D eigenvalue weighted by Gasteiger charge is -2.14. The maximum atomic E-state index is 13.0. The van der Waals surface area contributed by atoms with E-state index in [2.05, 4.69) is 4.99 Å². The van der Waals surface area contributed by atoms with E-state index in [4.69, 9.17) is 0 Å². The van der Waals surface area contributed by atoms with Gasteiger partial charge in [-0.15, -0.1) is 0 Å². The quantitative estimate of drug-likeness (QED) is 0.433. The summed E-state index contributed by atoms with van der Waals surface area (Å²) in [4.78, 5) is 43.9. The van der Waals surface area contributed by atoms with Crippen LogP contribution in [0.3, 0.4) is 0 Å². The second kappa shape index (κ2) is 9.11. The monoisotopic (exact) mass is 447 g/mol. The number of hydrogen-bond donors (Lipinski definition) is 0. The van der Waals surface area contributed by atoms with Crippen LogP contribution in [0.4, 0.5) is 0 Å². The molecule has 5 rings (SSSR count). The lowest BCUT2D eigenvalue weighted by Crippen LogP contribution is -2.29. The fourth-order valence-corrected chi connectivity index (χ4v) is 4.02. The summed E-state index contributed by atoms with van der Waals surface area (Å²) in [6.45, 7) is 0.681. The molecule has 0 atom stereocenters. The van der Waals surface area contributed by atoms with E-state index in [0.29, 0.717) is 34.3 Å². The normalized spacial score (nSPS) is 13.3. The molecule has 2 heterocycles. The molecule has 1 aliphatic rings. The van der Waals surface area contributed by atoms with Crippen LogP contribution in [0.1, 0.15) is 42.2 Å². The molecule has 0 spiro atoms. The molecule has 0 N–H and O–H groups in total. The molecule has 0 unspecified atom stereocenters. The van der Waals surface area contributed by atoms with Gasteiger partial charge in [-0.05, 0) is 47.5 Å². The Morgan fingerprint density at radius 3 is 2.06 bits per heavy atom. The summed E-state index contributed by atoms with van der Waals surface area (Å²) < 4.78 is 1.91. The molecule has 0 radical (unpaired) electrons. The average Bonchev–Trinajstić information content (AvgIpc) is 3.11. The van der Waals surface area contributed by atoms with E-state index in [0.717, 1.165) is 5.56 Å². The van der Waals surface area contributed by atoms with Gasteiger partial charge in [-0.3, -0.25) is 19.3 Å². The fraction of sp³-hybridized carbons (Fsp3) is 0.0714. The minimum atomic E-state index is -0.391. The van der Waals surface area contributed by atoms with Gasteiger partial charge >= 0.3 is 0 Å². The number of benzene rings is 3. The first kappa shape index (κ1) is 21.3. The van der Waals surface area contributed by atoms with Crippen molar-refractivity contribution in [3.8, 4) is 0 Å². The standard InChI is InChI=1S/C28H21N3O3/c32-26(29-25-15-6-7-16-30(25)18-20-9-2-1-3-10-20)22-12-8-11-21(17-22)19-31-27(33)23-13-4-5-14-24(23)28(31)34/h1-17H,18-19H2. The van der Waals surface area contributed by atoms with Crippen molar-refractivity contribution in [2.45, 2.75) is 13.1 Å². The summed E-state index contributed by atoms with van der Waals surface area (Å²) in [6.07, 6.45) is 1.89. The van der Waals surface area contributed by atoms with Crippen LogP contribution in [0.25, 0.3) is 0 Å². The van der Waals surface area contributed by atoms with Gasteiger partial charge in [0.15, 0.2) is 0 Å². The molecule has 6 nitrogen and oxygen atoms in total. The smallest absolute Gasteiger partial charge is 0.278 e.